The van der Waals surface area contributed by atoms with Gasteiger partial charge in [-0.3, -0.25) is 0 Å². The molecule has 0 bridgehead atoms. The Labute approximate surface area is 95.5 Å². The van der Waals surface area contributed by atoms with Crippen molar-refractivity contribution in [3.8, 4) is 0 Å². The normalized spacial score (nSPS) is 32.8. The molecule has 1 aliphatic carbocycles. The van der Waals surface area contributed by atoms with E-state index in [0.717, 1.165) is 19.4 Å². The van der Waals surface area contributed by atoms with Crippen LogP contribution in [0.1, 0.15) is 33.6 Å². The van der Waals surface area contributed by atoms with Crippen molar-refractivity contribution in [3.63, 3.8) is 0 Å². The first kappa shape index (κ1) is 12.5. The van der Waals surface area contributed by atoms with Gasteiger partial charge < -0.3 is 9.47 Å². The Hall–Kier alpha value is 0.400. The second-order valence-corrected chi connectivity index (χ2v) is 6.35. The molecular weight excluding hydrogens is 244 g/mol. The molecule has 0 aromatic rings. The van der Waals surface area contributed by atoms with E-state index in [9.17, 15) is 0 Å². The van der Waals surface area contributed by atoms with Crippen molar-refractivity contribution < 1.29 is 9.47 Å². The van der Waals surface area contributed by atoms with Crippen molar-refractivity contribution in [2.24, 2.45) is 5.41 Å². The molecule has 0 aliphatic heterocycles. The summed E-state index contributed by atoms with van der Waals surface area (Å²) in [7, 11) is 1.75. The van der Waals surface area contributed by atoms with Crippen LogP contribution in [0, 0.1) is 5.41 Å². The minimum absolute atomic E-state index is 0.245. The lowest BCUT2D eigenvalue weighted by atomic mass is 9.90. The molecule has 3 unspecified atom stereocenters. The summed E-state index contributed by atoms with van der Waals surface area (Å²) in [6.45, 7) is 7.54. The molecular formula is C11H21BrO2. The summed E-state index contributed by atoms with van der Waals surface area (Å²) in [5, 5.41) is 0. The number of halogens is 1. The van der Waals surface area contributed by atoms with Crippen molar-refractivity contribution in [2.45, 2.75) is 50.6 Å². The number of rotatable bonds is 4. The highest BCUT2D eigenvalue weighted by Gasteiger charge is 2.40. The monoisotopic (exact) mass is 264 g/mol. The Bertz CT molecular complexity index is 177. The van der Waals surface area contributed by atoms with E-state index < -0.39 is 0 Å². The predicted molar refractivity (Wildman–Crippen MR) is 61.9 cm³/mol. The van der Waals surface area contributed by atoms with Crippen molar-refractivity contribution in [1.82, 2.24) is 0 Å². The summed E-state index contributed by atoms with van der Waals surface area (Å²) in [6, 6.07) is 0. The van der Waals surface area contributed by atoms with Crippen LogP contribution in [0.3, 0.4) is 0 Å². The lowest BCUT2D eigenvalue weighted by molar-refractivity contribution is -0.110. The van der Waals surface area contributed by atoms with Gasteiger partial charge in [-0.15, -0.1) is 0 Å². The van der Waals surface area contributed by atoms with Crippen molar-refractivity contribution in [1.29, 1.82) is 0 Å². The van der Waals surface area contributed by atoms with Crippen LogP contribution in [0.4, 0.5) is 0 Å². The number of alkyl halides is 1. The van der Waals surface area contributed by atoms with Gasteiger partial charge in [-0.1, -0.05) is 36.7 Å². The third kappa shape index (κ3) is 3.52. The molecule has 3 heteroatoms. The van der Waals surface area contributed by atoms with Gasteiger partial charge in [-0.05, 0) is 18.3 Å². The Morgan fingerprint density at radius 3 is 2.43 bits per heavy atom. The van der Waals surface area contributed by atoms with Gasteiger partial charge >= 0.3 is 0 Å². The molecule has 84 valence electrons. The van der Waals surface area contributed by atoms with Gasteiger partial charge in [-0.2, -0.15) is 0 Å². The lowest BCUT2D eigenvalue weighted by Crippen LogP contribution is -2.50. The zero-order chi connectivity index (χ0) is 10.8. The summed E-state index contributed by atoms with van der Waals surface area (Å²) in [5.41, 5.74) is 0.361. The maximum absolute atomic E-state index is 5.77. The van der Waals surface area contributed by atoms with Gasteiger partial charge in [0.1, 0.15) is 0 Å². The summed E-state index contributed by atoms with van der Waals surface area (Å²) < 4.78 is 11.1. The number of hydrogen-bond donors (Lipinski definition) is 0. The molecule has 0 spiro atoms. The molecule has 0 heterocycles. The van der Waals surface area contributed by atoms with Gasteiger partial charge in [0.05, 0.1) is 12.2 Å². The van der Waals surface area contributed by atoms with Gasteiger partial charge in [0, 0.05) is 18.5 Å². The van der Waals surface area contributed by atoms with E-state index in [0.29, 0.717) is 16.3 Å². The van der Waals surface area contributed by atoms with Crippen LogP contribution in [0.2, 0.25) is 0 Å². The first-order chi connectivity index (χ1) is 6.44. The van der Waals surface area contributed by atoms with E-state index in [1.54, 1.807) is 7.11 Å². The van der Waals surface area contributed by atoms with Crippen LogP contribution in [0.15, 0.2) is 0 Å². The Morgan fingerprint density at radius 1 is 1.36 bits per heavy atom. The second kappa shape index (κ2) is 4.95. The third-order valence-electron chi connectivity index (χ3n) is 2.64. The largest absolute Gasteiger partial charge is 0.378 e. The topological polar surface area (TPSA) is 18.5 Å². The fourth-order valence-electron chi connectivity index (χ4n) is 1.51. The summed E-state index contributed by atoms with van der Waals surface area (Å²) in [5.74, 6) is 0. The van der Waals surface area contributed by atoms with E-state index in [2.05, 4.69) is 36.7 Å². The Kier molecular flexibility index (Phi) is 4.41. The quantitative estimate of drug-likeness (QED) is 0.727. The first-order valence-electron chi connectivity index (χ1n) is 5.22. The van der Waals surface area contributed by atoms with Crippen LogP contribution in [-0.2, 0) is 9.47 Å². The smallest absolute Gasteiger partial charge is 0.0958 e. The van der Waals surface area contributed by atoms with E-state index >= 15 is 0 Å². The van der Waals surface area contributed by atoms with E-state index in [1.165, 1.54) is 0 Å². The maximum atomic E-state index is 5.77. The van der Waals surface area contributed by atoms with Crippen molar-refractivity contribution >= 4 is 15.9 Å². The molecule has 14 heavy (non-hydrogen) atoms. The highest BCUT2D eigenvalue weighted by Crippen LogP contribution is 2.33. The van der Waals surface area contributed by atoms with Gasteiger partial charge in [0.2, 0.25) is 0 Å². The SMILES string of the molecule is COC1C(Br)CC1OCCC(C)(C)C. The van der Waals surface area contributed by atoms with E-state index in [1.807, 2.05) is 0 Å². The fourth-order valence-corrected chi connectivity index (χ4v) is 2.43. The number of methoxy groups -OCH3 is 1. The number of ether oxygens (including phenoxy) is 2. The maximum Gasteiger partial charge on any atom is 0.0958 e. The molecule has 0 N–H and O–H groups in total. The molecule has 2 nitrogen and oxygen atoms in total. The highest BCUT2D eigenvalue weighted by atomic mass is 79.9. The van der Waals surface area contributed by atoms with Crippen LogP contribution >= 0.6 is 15.9 Å². The zero-order valence-corrected chi connectivity index (χ0v) is 11.1. The van der Waals surface area contributed by atoms with Crippen molar-refractivity contribution in [2.75, 3.05) is 13.7 Å². The van der Waals surface area contributed by atoms with Crippen LogP contribution in [0.25, 0.3) is 0 Å². The lowest BCUT2D eigenvalue weighted by Gasteiger charge is -2.40. The van der Waals surface area contributed by atoms with Gasteiger partial charge in [0.25, 0.3) is 0 Å². The predicted octanol–water partition coefficient (Wildman–Crippen LogP) is 2.99. The molecule has 0 aromatic carbocycles. The molecule has 1 aliphatic rings. The molecule has 3 atom stereocenters. The molecule has 0 aromatic heterocycles. The first-order valence-corrected chi connectivity index (χ1v) is 6.14. The fraction of sp³-hybridized carbons (Fsp3) is 1.00. The Balaban J connectivity index is 2.14. The third-order valence-corrected chi connectivity index (χ3v) is 3.53. The average Bonchev–Trinajstić information content (AvgIpc) is 2.01. The summed E-state index contributed by atoms with van der Waals surface area (Å²) >= 11 is 3.55. The molecule has 1 fully saturated rings. The number of hydrogen-bond acceptors (Lipinski definition) is 2. The summed E-state index contributed by atoms with van der Waals surface area (Å²) in [6.07, 6.45) is 2.72. The van der Waals surface area contributed by atoms with Gasteiger partial charge in [0.15, 0.2) is 0 Å². The summed E-state index contributed by atoms with van der Waals surface area (Å²) in [4.78, 5) is 0.479. The zero-order valence-electron chi connectivity index (χ0n) is 9.55. The second-order valence-electron chi connectivity index (χ2n) is 5.17. The van der Waals surface area contributed by atoms with E-state index in [4.69, 9.17) is 9.47 Å². The van der Waals surface area contributed by atoms with Gasteiger partial charge in [-0.25, -0.2) is 0 Å². The Morgan fingerprint density at radius 2 is 2.00 bits per heavy atom. The van der Waals surface area contributed by atoms with Crippen LogP contribution in [-0.4, -0.2) is 30.8 Å². The highest BCUT2D eigenvalue weighted by molar-refractivity contribution is 9.09. The molecule has 1 rings (SSSR count). The molecule has 0 saturated heterocycles. The molecule has 0 radical (unpaired) electrons. The van der Waals surface area contributed by atoms with Crippen molar-refractivity contribution in [3.05, 3.63) is 0 Å². The van der Waals surface area contributed by atoms with E-state index in [-0.39, 0.29) is 6.10 Å². The van der Waals surface area contributed by atoms with Crippen LogP contribution in [0.5, 0.6) is 0 Å². The van der Waals surface area contributed by atoms with Crippen LogP contribution < -0.4 is 0 Å². The standard InChI is InChI=1S/C11H21BrO2/c1-11(2,3)5-6-14-9-7-8(12)10(9)13-4/h8-10H,5-7H2,1-4H3. The average molecular weight is 265 g/mol. The molecule has 1 saturated carbocycles. The minimum atomic E-state index is 0.245. The minimum Gasteiger partial charge on any atom is -0.378 e. The molecule has 0 amide bonds.